The molecule has 0 saturated carbocycles. The lowest BCUT2D eigenvalue weighted by molar-refractivity contribution is -0.123. The predicted molar refractivity (Wildman–Crippen MR) is 142 cm³/mol. The van der Waals surface area contributed by atoms with Gasteiger partial charge in [-0.15, -0.1) is 0 Å². The van der Waals surface area contributed by atoms with Gasteiger partial charge in [0.25, 0.3) is 5.91 Å². The van der Waals surface area contributed by atoms with Crippen LogP contribution < -0.4 is 10.2 Å². The Bertz CT molecular complexity index is 1500. The van der Waals surface area contributed by atoms with E-state index in [4.69, 9.17) is 4.98 Å². The molecule has 3 aromatic carbocycles. The first kappa shape index (κ1) is 23.0. The summed E-state index contributed by atoms with van der Waals surface area (Å²) < 4.78 is 0. The predicted octanol–water partition coefficient (Wildman–Crippen LogP) is 5.66. The average molecular weight is 466 g/mol. The maximum atomic E-state index is 13.7. The molecule has 5 rings (SSSR count). The van der Waals surface area contributed by atoms with Crippen molar-refractivity contribution in [3.8, 4) is 0 Å². The summed E-state index contributed by atoms with van der Waals surface area (Å²) in [5.74, 6) is -0.284. The van der Waals surface area contributed by atoms with E-state index < -0.39 is 5.41 Å². The molecular weight excluding hydrogens is 434 g/mol. The van der Waals surface area contributed by atoms with E-state index in [-0.39, 0.29) is 23.8 Å². The molecule has 5 nitrogen and oxygen atoms in total. The van der Waals surface area contributed by atoms with Gasteiger partial charge in [-0.3, -0.25) is 14.6 Å². The first-order valence-electron chi connectivity index (χ1n) is 12.0. The lowest BCUT2D eigenvalue weighted by Gasteiger charge is -2.38. The van der Waals surface area contributed by atoms with Gasteiger partial charge in [-0.2, -0.15) is 0 Å². The number of carbonyl (C=O) groups is 2. The average Bonchev–Trinajstić information content (AvgIpc) is 2.84. The summed E-state index contributed by atoms with van der Waals surface area (Å²) >= 11 is 0. The Hall–Kier alpha value is -3.73. The number of nitrogens with zero attached hydrogens (tertiary/aromatic N) is 2. The summed E-state index contributed by atoms with van der Waals surface area (Å²) in [6.45, 7) is 10.6. The second-order valence-electron chi connectivity index (χ2n) is 10.9. The summed E-state index contributed by atoms with van der Waals surface area (Å²) in [6, 6.07) is 19.9. The molecule has 178 valence electrons. The number of fused-ring (bicyclic) bond motifs is 2. The number of aryl methyl sites for hydroxylation is 1. The van der Waals surface area contributed by atoms with Crippen LogP contribution >= 0.6 is 0 Å². The van der Waals surface area contributed by atoms with Gasteiger partial charge in [-0.05, 0) is 54.5 Å². The van der Waals surface area contributed by atoms with Crippen LogP contribution in [0.4, 0.5) is 5.69 Å². The number of aromatic nitrogens is 1. The number of hydrogen-bond acceptors (Lipinski definition) is 3. The largest absolute Gasteiger partial charge is 0.351 e. The fourth-order valence-corrected chi connectivity index (χ4v) is 4.99. The van der Waals surface area contributed by atoms with E-state index in [2.05, 4.69) is 50.4 Å². The van der Waals surface area contributed by atoms with E-state index >= 15 is 0 Å². The number of pyridine rings is 1. The number of amides is 2. The zero-order valence-corrected chi connectivity index (χ0v) is 21.2. The number of nitrogens with one attached hydrogen (secondary N) is 1. The molecule has 1 atom stereocenters. The number of anilines is 1. The van der Waals surface area contributed by atoms with Crippen LogP contribution in [0.25, 0.3) is 21.7 Å². The summed E-state index contributed by atoms with van der Waals surface area (Å²) in [4.78, 5) is 33.5. The van der Waals surface area contributed by atoms with Crippen molar-refractivity contribution in [3.63, 3.8) is 0 Å². The molecule has 5 heteroatoms. The van der Waals surface area contributed by atoms with E-state index in [0.29, 0.717) is 11.3 Å². The van der Waals surface area contributed by atoms with Crippen molar-refractivity contribution in [1.29, 1.82) is 0 Å². The van der Waals surface area contributed by atoms with Crippen LogP contribution in [0.15, 0.2) is 60.7 Å². The third-order valence-electron chi connectivity index (χ3n) is 7.24. The number of rotatable bonds is 3. The van der Waals surface area contributed by atoms with Gasteiger partial charge >= 0.3 is 0 Å². The van der Waals surface area contributed by atoms with Crippen LogP contribution in [0.2, 0.25) is 0 Å². The molecule has 0 bridgehead atoms. The number of hydrogen-bond donors (Lipinski definition) is 1. The first-order valence-corrected chi connectivity index (χ1v) is 12.0. The molecule has 0 fully saturated rings. The Morgan fingerprint density at radius 1 is 1.03 bits per heavy atom. The summed E-state index contributed by atoms with van der Waals surface area (Å²) in [7, 11) is 1.80. The van der Waals surface area contributed by atoms with Crippen molar-refractivity contribution in [2.45, 2.75) is 45.4 Å². The van der Waals surface area contributed by atoms with E-state index in [0.717, 1.165) is 32.9 Å². The highest BCUT2D eigenvalue weighted by Crippen LogP contribution is 2.44. The van der Waals surface area contributed by atoms with Crippen LogP contribution in [0, 0.1) is 6.92 Å². The molecule has 1 N–H and O–H groups in total. The van der Waals surface area contributed by atoms with Gasteiger partial charge in [0.2, 0.25) is 5.91 Å². The Morgan fingerprint density at radius 2 is 1.74 bits per heavy atom. The zero-order chi connectivity index (χ0) is 25.1. The second kappa shape index (κ2) is 7.91. The van der Waals surface area contributed by atoms with Gasteiger partial charge < -0.3 is 10.2 Å². The van der Waals surface area contributed by atoms with Crippen molar-refractivity contribution in [1.82, 2.24) is 10.3 Å². The van der Waals surface area contributed by atoms with Gasteiger partial charge in [0.15, 0.2) is 0 Å². The van der Waals surface area contributed by atoms with Gasteiger partial charge in [0.1, 0.15) is 5.41 Å². The highest BCUT2D eigenvalue weighted by Gasteiger charge is 2.45. The van der Waals surface area contributed by atoms with E-state index in [1.807, 2.05) is 38.1 Å². The fraction of sp³-hybridized carbons (Fsp3) is 0.300. The minimum absolute atomic E-state index is 0.0226. The molecule has 4 aromatic rings. The maximum Gasteiger partial charge on any atom is 0.251 e. The molecule has 1 aliphatic rings. The number of benzene rings is 3. The zero-order valence-electron chi connectivity index (χ0n) is 21.2. The van der Waals surface area contributed by atoms with Crippen molar-refractivity contribution >= 4 is 39.2 Å². The number of carbonyl (C=O) groups excluding carboxylic acids is 2. The first-order chi connectivity index (χ1) is 16.5. The van der Waals surface area contributed by atoms with Gasteiger partial charge in [-0.1, -0.05) is 62.7 Å². The summed E-state index contributed by atoms with van der Waals surface area (Å²) in [5.41, 5.74) is 4.25. The minimum atomic E-state index is -1.01. The Labute approximate surface area is 206 Å². The van der Waals surface area contributed by atoms with Crippen molar-refractivity contribution in [2.75, 3.05) is 18.5 Å². The quantitative estimate of drug-likeness (QED) is 0.397. The van der Waals surface area contributed by atoms with Gasteiger partial charge in [0, 0.05) is 29.9 Å². The third kappa shape index (κ3) is 3.66. The second-order valence-corrected chi connectivity index (χ2v) is 10.9. The highest BCUT2D eigenvalue weighted by molar-refractivity contribution is 6.19. The molecule has 0 radical (unpaired) electrons. The summed E-state index contributed by atoms with van der Waals surface area (Å²) in [5, 5.41) is 6.11. The third-order valence-corrected chi connectivity index (χ3v) is 7.24. The molecular formula is C30H31N3O2. The fourth-order valence-electron chi connectivity index (χ4n) is 4.99. The molecule has 1 aliphatic heterocycles. The SMILES string of the molecule is Cc1ccc(C(=O)NCC2(C)C(=O)N(C)c3cccc4c3c2nc2cc(C(C)(C)C)ccc24)cc1. The van der Waals surface area contributed by atoms with Crippen LogP contribution in [0.5, 0.6) is 0 Å². The maximum absolute atomic E-state index is 13.7. The van der Waals surface area contributed by atoms with Crippen molar-refractivity contribution < 1.29 is 9.59 Å². The normalized spacial score (nSPS) is 17.8. The Balaban J connectivity index is 1.67. The number of likely N-dealkylation sites (N-methyl/N-ethyl adjacent to an activating group) is 1. The molecule has 2 amide bonds. The molecule has 1 unspecified atom stereocenters. The topological polar surface area (TPSA) is 62.3 Å². The van der Waals surface area contributed by atoms with Crippen molar-refractivity contribution in [2.24, 2.45) is 0 Å². The van der Waals surface area contributed by atoms with Crippen molar-refractivity contribution in [3.05, 3.63) is 83.0 Å². The highest BCUT2D eigenvalue weighted by atomic mass is 16.2. The Morgan fingerprint density at radius 3 is 2.43 bits per heavy atom. The standard InChI is InChI=1S/C30H31N3O2/c1-18-10-12-19(13-11-18)27(34)31-17-30(5)26-25-22(8-7-9-24(25)33(6)28(30)35)21-15-14-20(29(2,3)4)16-23(21)32-26/h7-16H,17H2,1-6H3,(H,31,34). The molecule has 0 saturated heterocycles. The molecule has 1 aromatic heterocycles. The lowest BCUT2D eigenvalue weighted by Crippen LogP contribution is -2.53. The molecule has 35 heavy (non-hydrogen) atoms. The smallest absolute Gasteiger partial charge is 0.251 e. The van der Waals surface area contributed by atoms with Crippen LogP contribution in [-0.4, -0.2) is 30.4 Å². The monoisotopic (exact) mass is 465 g/mol. The Kier molecular flexibility index (Phi) is 5.20. The summed E-state index contributed by atoms with van der Waals surface area (Å²) in [6.07, 6.45) is 0. The molecule has 0 spiro atoms. The molecule has 2 heterocycles. The minimum Gasteiger partial charge on any atom is -0.351 e. The van der Waals surface area contributed by atoms with E-state index in [9.17, 15) is 9.59 Å². The van der Waals surface area contributed by atoms with Crippen LogP contribution in [0.3, 0.4) is 0 Å². The lowest BCUT2D eigenvalue weighted by atomic mass is 9.78. The molecule has 0 aliphatic carbocycles. The van der Waals surface area contributed by atoms with E-state index in [1.165, 1.54) is 5.56 Å². The van der Waals surface area contributed by atoms with E-state index in [1.54, 1.807) is 24.1 Å². The van der Waals surface area contributed by atoms with Crippen LogP contribution in [-0.2, 0) is 15.6 Å². The van der Waals surface area contributed by atoms with Gasteiger partial charge in [0.05, 0.1) is 16.9 Å². The van der Waals surface area contributed by atoms with Crippen LogP contribution in [0.1, 0.15) is 54.9 Å². The van der Waals surface area contributed by atoms with Gasteiger partial charge in [-0.25, -0.2) is 0 Å².